The van der Waals surface area contributed by atoms with Gasteiger partial charge in [-0.05, 0) is 50.3 Å². The van der Waals surface area contributed by atoms with Crippen molar-refractivity contribution in [3.63, 3.8) is 0 Å². The van der Waals surface area contributed by atoms with Crippen molar-refractivity contribution in [3.8, 4) is 0 Å². The highest BCUT2D eigenvalue weighted by molar-refractivity contribution is 5.52. The second kappa shape index (κ2) is 3.72. The first-order valence-electron chi connectivity index (χ1n) is 5.91. The Balaban J connectivity index is 2.03. The molecule has 0 aromatic heterocycles. The summed E-state index contributed by atoms with van der Waals surface area (Å²) in [6.07, 6.45) is 5.46. The number of anilines is 1. The predicted octanol–water partition coefficient (Wildman–Crippen LogP) is 3.29. The third-order valence-corrected chi connectivity index (χ3v) is 3.83. The quantitative estimate of drug-likeness (QED) is 0.704. The fraction of sp³-hybridized carbons (Fsp3) is 0.538. The molecule has 1 aromatic rings. The lowest BCUT2D eigenvalue weighted by atomic mass is 10.0. The Morgan fingerprint density at radius 2 is 1.56 bits per heavy atom. The minimum Gasteiger partial charge on any atom is -0.361 e. The van der Waals surface area contributed by atoms with E-state index in [1.54, 1.807) is 0 Å². The summed E-state index contributed by atoms with van der Waals surface area (Å²) in [6.45, 7) is 0. The maximum Gasteiger partial charge on any atom is 0.150 e. The van der Waals surface area contributed by atoms with Gasteiger partial charge in [-0.15, -0.1) is 0 Å². The summed E-state index contributed by atoms with van der Waals surface area (Å²) in [5.41, 5.74) is 0.172. The van der Waals surface area contributed by atoms with E-state index in [0.29, 0.717) is 12.1 Å². The van der Waals surface area contributed by atoms with Crippen LogP contribution < -0.4 is 4.90 Å². The van der Waals surface area contributed by atoms with Crippen LogP contribution in [0.2, 0.25) is 0 Å². The Morgan fingerprint density at radius 3 is 2.12 bits per heavy atom. The van der Waals surface area contributed by atoms with E-state index in [0.717, 1.165) is 25.7 Å². The number of rotatable bonds is 1. The molecule has 2 aliphatic rings. The molecule has 2 atom stereocenters. The smallest absolute Gasteiger partial charge is 0.150 e. The highest BCUT2D eigenvalue weighted by atomic mass is 19.1. The van der Waals surface area contributed by atoms with E-state index in [9.17, 15) is 8.78 Å². The topological polar surface area (TPSA) is 3.24 Å². The van der Waals surface area contributed by atoms with E-state index in [2.05, 4.69) is 6.07 Å². The molecule has 0 amide bonds. The fourth-order valence-electron chi connectivity index (χ4n) is 3.17. The molecule has 0 aliphatic carbocycles. The summed E-state index contributed by atoms with van der Waals surface area (Å²) >= 11 is 0. The summed E-state index contributed by atoms with van der Waals surface area (Å²) in [5, 5.41) is 0. The minimum atomic E-state index is -0.473. The van der Waals surface area contributed by atoms with Gasteiger partial charge < -0.3 is 4.90 Å². The molecule has 85 valence electrons. The van der Waals surface area contributed by atoms with Gasteiger partial charge in [0.25, 0.3) is 0 Å². The van der Waals surface area contributed by atoms with E-state index in [1.165, 1.54) is 18.6 Å². The van der Waals surface area contributed by atoms with Crippen molar-refractivity contribution >= 4 is 5.69 Å². The van der Waals surface area contributed by atoms with Crippen LogP contribution in [-0.2, 0) is 0 Å². The third-order valence-electron chi connectivity index (χ3n) is 3.83. The van der Waals surface area contributed by atoms with Gasteiger partial charge in [0, 0.05) is 12.1 Å². The Bertz CT molecular complexity index is 369. The highest BCUT2D eigenvalue weighted by Gasteiger charge is 2.38. The molecule has 0 saturated carbocycles. The third kappa shape index (κ3) is 1.41. The number of benzene rings is 1. The summed E-state index contributed by atoms with van der Waals surface area (Å²) in [4.78, 5) is 1.97. The van der Waals surface area contributed by atoms with Crippen LogP contribution in [0.1, 0.15) is 32.1 Å². The van der Waals surface area contributed by atoms with Crippen LogP contribution in [0, 0.1) is 17.7 Å². The van der Waals surface area contributed by atoms with Crippen molar-refractivity contribution in [1.82, 2.24) is 0 Å². The van der Waals surface area contributed by atoms with Gasteiger partial charge in [-0.3, -0.25) is 0 Å². The van der Waals surface area contributed by atoms with E-state index in [1.807, 2.05) is 4.90 Å². The molecule has 3 heteroatoms. The molecular formula is C13H14F2N. The number of halogens is 2. The lowest BCUT2D eigenvalue weighted by Gasteiger charge is -2.37. The zero-order chi connectivity index (χ0) is 11.1. The first-order chi connectivity index (χ1) is 7.77. The number of fused-ring (bicyclic) bond motifs is 2. The SMILES string of the molecule is Fc1c[c]cc(F)c1N1C2CCCC1CC2. The van der Waals surface area contributed by atoms with E-state index >= 15 is 0 Å². The van der Waals surface area contributed by atoms with Crippen LogP contribution in [0.5, 0.6) is 0 Å². The summed E-state index contributed by atoms with van der Waals surface area (Å²) < 4.78 is 27.4. The van der Waals surface area contributed by atoms with Gasteiger partial charge in [-0.2, -0.15) is 0 Å². The molecule has 0 N–H and O–H groups in total. The lowest BCUT2D eigenvalue weighted by Crippen LogP contribution is -2.40. The molecule has 2 unspecified atom stereocenters. The van der Waals surface area contributed by atoms with Gasteiger partial charge in [0.15, 0.2) is 0 Å². The minimum absolute atomic E-state index is 0.172. The summed E-state index contributed by atoms with van der Waals surface area (Å²) in [6, 6.07) is 5.62. The van der Waals surface area contributed by atoms with Gasteiger partial charge >= 0.3 is 0 Å². The average Bonchev–Trinajstić information content (AvgIpc) is 2.51. The first-order valence-corrected chi connectivity index (χ1v) is 5.91. The molecule has 2 fully saturated rings. The molecule has 1 aromatic carbocycles. The number of nitrogens with zero attached hydrogens (tertiary/aromatic N) is 1. The standard InChI is InChI=1S/C13H14F2N/c14-11-5-2-6-12(15)13(11)16-9-3-1-4-10(16)8-7-9/h5-6,9-10H,1,3-4,7-8H2. The highest BCUT2D eigenvalue weighted by Crippen LogP contribution is 2.40. The van der Waals surface area contributed by atoms with Gasteiger partial charge in [0.2, 0.25) is 0 Å². The normalized spacial score (nSPS) is 28.5. The predicted molar refractivity (Wildman–Crippen MR) is 58.3 cm³/mol. The molecule has 2 bridgehead atoms. The monoisotopic (exact) mass is 222 g/mol. The van der Waals surface area contributed by atoms with Crippen molar-refractivity contribution in [2.45, 2.75) is 44.2 Å². The summed E-state index contributed by atoms with van der Waals surface area (Å²) in [5.74, 6) is -0.947. The van der Waals surface area contributed by atoms with Crippen LogP contribution in [-0.4, -0.2) is 12.1 Å². The molecule has 16 heavy (non-hydrogen) atoms. The van der Waals surface area contributed by atoms with Crippen molar-refractivity contribution < 1.29 is 8.78 Å². The van der Waals surface area contributed by atoms with Gasteiger partial charge in [-0.25, -0.2) is 8.78 Å². The average molecular weight is 222 g/mol. The van der Waals surface area contributed by atoms with Gasteiger partial charge in [0.05, 0.1) is 0 Å². The van der Waals surface area contributed by atoms with Crippen molar-refractivity contribution in [1.29, 1.82) is 0 Å². The molecule has 3 rings (SSSR count). The lowest BCUT2D eigenvalue weighted by molar-refractivity contribution is 0.449. The number of hydrogen-bond donors (Lipinski definition) is 0. The van der Waals surface area contributed by atoms with E-state index < -0.39 is 11.6 Å². The molecular weight excluding hydrogens is 208 g/mol. The maximum absolute atomic E-state index is 13.7. The number of hydrogen-bond acceptors (Lipinski definition) is 1. The van der Waals surface area contributed by atoms with Crippen LogP contribution in [0.15, 0.2) is 12.1 Å². The second-order valence-corrected chi connectivity index (χ2v) is 4.72. The van der Waals surface area contributed by atoms with Crippen LogP contribution in [0.4, 0.5) is 14.5 Å². The van der Waals surface area contributed by atoms with Crippen molar-refractivity contribution in [2.75, 3.05) is 4.90 Å². The van der Waals surface area contributed by atoms with Gasteiger partial charge in [0.1, 0.15) is 17.3 Å². The van der Waals surface area contributed by atoms with Crippen molar-refractivity contribution in [3.05, 3.63) is 29.8 Å². The van der Waals surface area contributed by atoms with Crippen molar-refractivity contribution in [2.24, 2.45) is 0 Å². The van der Waals surface area contributed by atoms with Crippen LogP contribution in [0.3, 0.4) is 0 Å². The van der Waals surface area contributed by atoms with E-state index in [-0.39, 0.29) is 5.69 Å². The van der Waals surface area contributed by atoms with Crippen LogP contribution in [0.25, 0.3) is 0 Å². The summed E-state index contributed by atoms with van der Waals surface area (Å²) in [7, 11) is 0. The number of piperidine rings is 1. The Kier molecular flexibility index (Phi) is 2.34. The molecule has 1 nitrogen and oxygen atoms in total. The molecule has 2 saturated heterocycles. The zero-order valence-corrected chi connectivity index (χ0v) is 9.05. The molecule has 0 spiro atoms. The van der Waals surface area contributed by atoms with E-state index in [4.69, 9.17) is 0 Å². The first kappa shape index (κ1) is 10.1. The fourth-order valence-corrected chi connectivity index (χ4v) is 3.17. The largest absolute Gasteiger partial charge is 0.361 e. The Morgan fingerprint density at radius 1 is 1.00 bits per heavy atom. The maximum atomic E-state index is 13.7. The zero-order valence-electron chi connectivity index (χ0n) is 9.05. The molecule has 2 aliphatic heterocycles. The Hall–Kier alpha value is -1.12. The second-order valence-electron chi connectivity index (χ2n) is 4.72. The Labute approximate surface area is 94.1 Å². The van der Waals surface area contributed by atoms with Crippen LogP contribution >= 0.6 is 0 Å². The molecule has 2 heterocycles. The van der Waals surface area contributed by atoms with Gasteiger partial charge in [-0.1, -0.05) is 0 Å². The molecule has 1 radical (unpaired) electrons.